The van der Waals surface area contributed by atoms with Crippen molar-refractivity contribution in [2.75, 3.05) is 5.32 Å². The second-order valence-corrected chi connectivity index (χ2v) is 4.28. The highest BCUT2D eigenvalue weighted by Crippen LogP contribution is 2.11. The summed E-state index contributed by atoms with van der Waals surface area (Å²) in [6, 6.07) is 6.21. The number of urea groups is 1. The molecule has 3 N–H and O–H groups in total. The van der Waals surface area contributed by atoms with Crippen LogP contribution in [0.2, 0.25) is 0 Å². The molecule has 0 unspecified atom stereocenters. The zero-order valence-electron chi connectivity index (χ0n) is 11.3. The van der Waals surface area contributed by atoms with Gasteiger partial charge in [-0.3, -0.25) is 4.98 Å². The number of carbonyl (C=O) groups excluding carboxylic acids is 1. The number of aromatic carboxylic acids is 1. The number of aryl methyl sites for hydroxylation is 1. The minimum atomic E-state index is -1.20. The second kappa shape index (κ2) is 6.47. The number of hydrogen-bond acceptors (Lipinski definition) is 4. The van der Waals surface area contributed by atoms with Crippen LogP contribution in [0.4, 0.5) is 10.5 Å². The van der Waals surface area contributed by atoms with E-state index in [9.17, 15) is 9.59 Å². The van der Waals surface area contributed by atoms with Crippen LogP contribution in [0.1, 0.15) is 21.7 Å². The smallest absolute Gasteiger partial charge is 0.356 e. The molecule has 0 bridgehead atoms. The lowest BCUT2D eigenvalue weighted by molar-refractivity contribution is 0.0691. The zero-order chi connectivity index (χ0) is 15.2. The minimum absolute atomic E-state index is 0.139. The molecule has 0 saturated heterocycles. The normalized spacial score (nSPS) is 9.95. The predicted octanol–water partition coefficient (Wildman–Crippen LogP) is 1.80. The van der Waals surface area contributed by atoms with Gasteiger partial charge in [-0.2, -0.15) is 0 Å². The highest BCUT2D eigenvalue weighted by atomic mass is 16.4. The molecule has 0 aliphatic heterocycles. The van der Waals surface area contributed by atoms with Gasteiger partial charge in [-0.1, -0.05) is 6.07 Å². The van der Waals surface area contributed by atoms with Gasteiger partial charge >= 0.3 is 12.0 Å². The second-order valence-electron chi connectivity index (χ2n) is 4.28. The first-order valence-electron chi connectivity index (χ1n) is 6.21. The van der Waals surface area contributed by atoms with Crippen LogP contribution in [-0.2, 0) is 6.54 Å². The van der Waals surface area contributed by atoms with E-state index in [1.807, 2.05) is 19.1 Å². The van der Waals surface area contributed by atoms with Crippen molar-refractivity contribution >= 4 is 17.7 Å². The fourth-order valence-electron chi connectivity index (χ4n) is 1.71. The van der Waals surface area contributed by atoms with E-state index >= 15 is 0 Å². The van der Waals surface area contributed by atoms with Crippen LogP contribution in [0, 0.1) is 6.92 Å². The molecule has 2 aromatic heterocycles. The maximum absolute atomic E-state index is 11.8. The lowest BCUT2D eigenvalue weighted by Crippen LogP contribution is -2.29. The monoisotopic (exact) mass is 286 g/mol. The van der Waals surface area contributed by atoms with Crippen LogP contribution < -0.4 is 10.6 Å². The van der Waals surface area contributed by atoms with Gasteiger partial charge in [0.25, 0.3) is 0 Å². The summed E-state index contributed by atoms with van der Waals surface area (Å²) >= 11 is 0. The highest BCUT2D eigenvalue weighted by Gasteiger charge is 2.13. The Hall–Kier alpha value is -2.96. The van der Waals surface area contributed by atoms with Crippen LogP contribution in [0.5, 0.6) is 0 Å². The Bertz CT molecular complexity index is 673. The number of carboxylic acids is 1. The van der Waals surface area contributed by atoms with E-state index in [0.29, 0.717) is 0 Å². The summed E-state index contributed by atoms with van der Waals surface area (Å²) in [5.74, 6) is -1.20. The summed E-state index contributed by atoms with van der Waals surface area (Å²) in [5.41, 5.74) is 1.64. The first kappa shape index (κ1) is 14.4. The summed E-state index contributed by atoms with van der Waals surface area (Å²) < 4.78 is 0. The maximum Gasteiger partial charge on any atom is 0.356 e. The van der Waals surface area contributed by atoms with E-state index in [-0.39, 0.29) is 17.9 Å². The SMILES string of the molecule is Cc1cccnc1CNC(=O)Nc1cccnc1C(=O)O. The molecule has 7 nitrogen and oxygen atoms in total. The Morgan fingerprint density at radius 1 is 1.19 bits per heavy atom. The van der Waals surface area contributed by atoms with Gasteiger partial charge in [-0.05, 0) is 30.7 Å². The number of carboxylic acid groups (broad SMARTS) is 1. The Labute approximate surface area is 121 Å². The van der Waals surface area contributed by atoms with E-state index in [2.05, 4.69) is 20.6 Å². The predicted molar refractivity (Wildman–Crippen MR) is 76.0 cm³/mol. The van der Waals surface area contributed by atoms with Crippen molar-refractivity contribution in [3.05, 3.63) is 53.6 Å². The van der Waals surface area contributed by atoms with Crippen molar-refractivity contribution in [1.29, 1.82) is 0 Å². The van der Waals surface area contributed by atoms with Crippen LogP contribution in [0.15, 0.2) is 36.7 Å². The number of anilines is 1. The number of aromatic nitrogens is 2. The number of carbonyl (C=O) groups is 2. The third kappa shape index (κ3) is 3.75. The Morgan fingerprint density at radius 3 is 2.62 bits per heavy atom. The number of hydrogen-bond donors (Lipinski definition) is 3. The van der Waals surface area contributed by atoms with Crippen LogP contribution in [0.3, 0.4) is 0 Å². The third-order valence-electron chi connectivity index (χ3n) is 2.79. The van der Waals surface area contributed by atoms with E-state index in [1.54, 1.807) is 12.3 Å². The zero-order valence-corrected chi connectivity index (χ0v) is 11.3. The average molecular weight is 286 g/mol. The number of nitrogens with one attached hydrogen (secondary N) is 2. The van der Waals surface area contributed by atoms with Gasteiger partial charge in [0.15, 0.2) is 5.69 Å². The van der Waals surface area contributed by atoms with Crippen molar-refractivity contribution in [3.8, 4) is 0 Å². The molecule has 0 aromatic carbocycles. The van der Waals surface area contributed by atoms with Crippen LogP contribution in [-0.4, -0.2) is 27.1 Å². The van der Waals surface area contributed by atoms with Gasteiger partial charge in [0.2, 0.25) is 0 Å². The molecule has 0 radical (unpaired) electrons. The molecule has 2 amide bonds. The summed E-state index contributed by atoms with van der Waals surface area (Å²) in [5, 5.41) is 14.1. The van der Waals surface area contributed by atoms with Gasteiger partial charge in [-0.25, -0.2) is 14.6 Å². The van der Waals surface area contributed by atoms with Gasteiger partial charge in [0.05, 0.1) is 17.9 Å². The summed E-state index contributed by atoms with van der Waals surface area (Å²) in [6.07, 6.45) is 3.00. The van der Waals surface area contributed by atoms with Gasteiger partial charge in [-0.15, -0.1) is 0 Å². The molecule has 0 atom stereocenters. The number of nitrogens with zero attached hydrogens (tertiary/aromatic N) is 2. The third-order valence-corrected chi connectivity index (χ3v) is 2.79. The number of amides is 2. The van der Waals surface area contributed by atoms with Gasteiger partial charge < -0.3 is 15.7 Å². The first-order chi connectivity index (χ1) is 10.1. The molecular formula is C14H14N4O3. The van der Waals surface area contributed by atoms with Crippen molar-refractivity contribution in [3.63, 3.8) is 0 Å². The molecule has 108 valence electrons. The van der Waals surface area contributed by atoms with E-state index in [0.717, 1.165) is 11.3 Å². The molecule has 21 heavy (non-hydrogen) atoms. The topological polar surface area (TPSA) is 104 Å². The molecule has 0 saturated carbocycles. The standard InChI is InChI=1S/C14H14N4O3/c1-9-4-2-6-15-11(9)8-17-14(21)18-10-5-3-7-16-12(10)13(19)20/h2-7H,8H2,1H3,(H,19,20)(H2,17,18,21). The van der Waals surface area contributed by atoms with Crippen molar-refractivity contribution in [2.45, 2.75) is 13.5 Å². The molecule has 2 heterocycles. The van der Waals surface area contributed by atoms with E-state index in [4.69, 9.17) is 5.11 Å². The fraction of sp³-hybridized carbons (Fsp3) is 0.143. The first-order valence-corrected chi connectivity index (χ1v) is 6.21. The molecule has 0 spiro atoms. The van der Waals surface area contributed by atoms with Crippen molar-refractivity contribution in [1.82, 2.24) is 15.3 Å². The largest absolute Gasteiger partial charge is 0.476 e. The Balaban J connectivity index is 2.00. The quantitative estimate of drug-likeness (QED) is 0.795. The number of pyridine rings is 2. The van der Waals surface area contributed by atoms with E-state index in [1.165, 1.54) is 12.3 Å². The molecule has 0 fully saturated rings. The summed E-state index contributed by atoms with van der Waals surface area (Å²) in [6.45, 7) is 2.15. The molecular weight excluding hydrogens is 272 g/mol. The highest BCUT2D eigenvalue weighted by molar-refractivity contribution is 5.98. The lowest BCUT2D eigenvalue weighted by atomic mass is 10.2. The molecule has 0 aliphatic carbocycles. The summed E-state index contributed by atoms with van der Waals surface area (Å²) in [7, 11) is 0. The molecule has 2 rings (SSSR count). The van der Waals surface area contributed by atoms with E-state index < -0.39 is 12.0 Å². The number of rotatable bonds is 4. The van der Waals surface area contributed by atoms with Crippen LogP contribution in [0.25, 0.3) is 0 Å². The van der Waals surface area contributed by atoms with Crippen molar-refractivity contribution in [2.24, 2.45) is 0 Å². The van der Waals surface area contributed by atoms with Crippen LogP contribution >= 0.6 is 0 Å². The average Bonchev–Trinajstić information content (AvgIpc) is 2.47. The molecule has 0 aliphatic rings. The maximum atomic E-state index is 11.8. The minimum Gasteiger partial charge on any atom is -0.476 e. The fourth-order valence-corrected chi connectivity index (χ4v) is 1.71. The molecule has 2 aromatic rings. The molecule has 7 heteroatoms. The Kier molecular flexibility index (Phi) is 4.45. The van der Waals surface area contributed by atoms with Gasteiger partial charge in [0, 0.05) is 12.4 Å². The lowest BCUT2D eigenvalue weighted by Gasteiger charge is -2.09. The van der Waals surface area contributed by atoms with Crippen molar-refractivity contribution < 1.29 is 14.7 Å². The van der Waals surface area contributed by atoms with Gasteiger partial charge in [0.1, 0.15) is 0 Å². The Morgan fingerprint density at radius 2 is 1.90 bits per heavy atom. The summed E-state index contributed by atoms with van der Waals surface area (Å²) in [4.78, 5) is 30.6.